The van der Waals surface area contributed by atoms with Crippen molar-refractivity contribution in [1.82, 2.24) is 14.1 Å². The monoisotopic (exact) mass is 442 g/mol. The molecule has 1 unspecified atom stereocenters. The zero-order valence-corrected chi connectivity index (χ0v) is 18.3. The Labute approximate surface area is 180 Å². The highest BCUT2D eigenvalue weighted by Crippen LogP contribution is 2.36. The van der Waals surface area contributed by atoms with E-state index in [2.05, 4.69) is 10.4 Å². The number of rotatable bonds is 5. The molecular formula is C21H22N4O3S2. The third kappa shape index (κ3) is 4.28. The molecule has 0 saturated carbocycles. The van der Waals surface area contributed by atoms with Gasteiger partial charge in [-0.1, -0.05) is 25.1 Å². The molecule has 1 atom stereocenters. The summed E-state index contributed by atoms with van der Waals surface area (Å²) in [5.74, 6) is -0.107. The molecule has 0 fully saturated rings. The molecule has 0 bridgehead atoms. The summed E-state index contributed by atoms with van der Waals surface area (Å²) < 4.78 is 29.2. The molecule has 4 rings (SSSR count). The van der Waals surface area contributed by atoms with E-state index >= 15 is 0 Å². The van der Waals surface area contributed by atoms with E-state index in [1.807, 2.05) is 43.5 Å². The number of hydrogen-bond acceptors (Lipinski definition) is 5. The lowest BCUT2D eigenvalue weighted by Gasteiger charge is -2.17. The number of benzene rings is 2. The summed E-state index contributed by atoms with van der Waals surface area (Å²) in [6, 6.07) is 14.5. The Balaban J connectivity index is 1.55. The molecule has 2 aromatic carbocycles. The molecule has 9 heteroatoms. The largest absolute Gasteiger partial charge is 0.325 e. The third-order valence-electron chi connectivity index (χ3n) is 4.80. The maximum atomic E-state index is 13.1. The van der Waals surface area contributed by atoms with E-state index in [1.54, 1.807) is 34.8 Å². The quantitative estimate of drug-likeness (QED) is 0.654. The van der Waals surface area contributed by atoms with Gasteiger partial charge in [0.15, 0.2) is 0 Å². The number of thioether (sulfide) groups is 1. The van der Waals surface area contributed by atoms with Crippen LogP contribution in [0.4, 0.5) is 5.69 Å². The number of para-hydroxylation sites is 1. The fourth-order valence-corrected chi connectivity index (χ4v) is 5.51. The van der Waals surface area contributed by atoms with Crippen LogP contribution in [-0.4, -0.2) is 40.7 Å². The van der Waals surface area contributed by atoms with Gasteiger partial charge in [0, 0.05) is 41.9 Å². The molecule has 1 N–H and O–H groups in total. The predicted octanol–water partition coefficient (Wildman–Crippen LogP) is 3.52. The van der Waals surface area contributed by atoms with Gasteiger partial charge < -0.3 is 5.32 Å². The average molecular weight is 443 g/mol. The Hall–Kier alpha value is -2.62. The molecule has 1 aliphatic heterocycles. The Bertz CT molecular complexity index is 1180. The number of sulfonamides is 1. The van der Waals surface area contributed by atoms with Gasteiger partial charge in [-0.25, -0.2) is 13.1 Å². The molecule has 1 aromatic heterocycles. The number of nitrogens with one attached hydrogen (secondary N) is 1. The Kier molecular flexibility index (Phi) is 5.68. The van der Waals surface area contributed by atoms with Crippen LogP contribution < -0.4 is 5.32 Å². The third-order valence-corrected chi connectivity index (χ3v) is 7.77. The maximum absolute atomic E-state index is 13.1. The van der Waals surface area contributed by atoms with Crippen LogP contribution in [0, 0.1) is 0 Å². The van der Waals surface area contributed by atoms with Crippen LogP contribution in [-0.2, 0) is 21.4 Å². The van der Waals surface area contributed by atoms with Gasteiger partial charge in [-0.05, 0) is 30.3 Å². The number of nitrogens with zero attached hydrogens (tertiary/aromatic N) is 3. The molecule has 0 spiro atoms. The molecule has 2 heterocycles. The Morgan fingerprint density at radius 2 is 2.00 bits per heavy atom. The van der Waals surface area contributed by atoms with Crippen LogP contribution >= 0.6 is 11.8 Å². The lowest BCUT2D eigenvalue weighted by Crippen LogP contribution is -2.26. The van der Waals surface area contributed by atoms with Crippen molar-refractivity contribution in [3.8, 4) is 5.69 Å². The Morgan fingerprint density at radius 3 is 2.77 bits per heavy atom. The van der Waals surface area contributed by atoms with Gasteiger partial charge in [0.05, 0.1) is 22.5 Å². The average Bonchev–Trinajstić information content (AvgIpc) is 3.12. The molecule has 30 heavy (non-hydrogen) atoms. The molecule has 156 valence electrons. The highest BCUT2D eigenvalue weighted by molar-refractivity contribution is 8.00. The first kappa shape index (κ1) is 20.6. The van der Waals surface area contributed by atoms with Gasteiger partial charge in [0.2, 0.25) is 15.9 Å². The normalized spacial score (nSPS) is 16.8. The molecule has 3 aromatic rings. The van der Waals surface area contributed by atoms with Crippen molar-refractivity contribution in [3.63, 3.8) is 0 Å². The molecule has 0 aliphatic carbocycles. The summed E-state index contributed by atoms with van der Waals surface area (Å²) >= 11 is 1.56. The Morgan fingerprint density at radius 1 is 1.23 bits per heavy atom. The smallest absolute Gasteiger partial charge is 0.243 e. The van der Waals surface area contributed by atoms with Crippen molar-refractivity contribution in [2.45, 2.75) is 34.9 Å². The van der Waals surface area contributed by atoms with Gasteiger partial charge in [-0.15, -0.1) is 11.8 Å². The first-order valence-corrected chi connectivity index (χ1v) is 11.8. The summed E-state index contributed by atoms with van der Waals surface area (Å²) in [4.78, 5) is 13.0. The van der Waals surface area contributed by atoms with Crippen molar-refractivity contribution in [3.05, 3.63) is 66.5 Å². The van der Waals surface area contributed by atoms with Gasteiger partial charge >= 0.3 is 0 Å². The topological polar surface area (TPSA) is 84.3 Å². The molecule has 0 radical (unpaired) electrons. The van der Waals surface area contributed by atoms with Crippen molar-refractivity contribution < 1.29 is 13.2 Å². The first-order valence-electron chi connectivity index (χ1n) is 9.49. The number of carbonyl (C=O) groups is 1. The van der Waals surface area contributed by atoms with E-state index in [1.165, 1.54) is 17.4 Å². The lowest BCUT2D eigenvalue weighted by atomic mass is 10.3. The van der Waals surface area contributed by atoms with Gasteiger partial charge in [0.25, 0.3) is 0 Å². The molecule has 1 amide bonds. The van der Waals surface area contributed by atoms with Crippen molar-refractivity contribution in [1.29, 1.82) is 0 Å². The number of carbonyl (C=O) groups excluding carboxylic acids is 1. The van der Waals surface area contributed by atoms with Gasteiger partial charge in [-0.3, -0.25) is 4.79 Å². The minimum atomic E-state index is -3.73. The van der Waals surface area contributed by atoms with E-state index in [0.717, 1.165) is 16.1 Å². The zero-order chi connectivity index (χ0) is 21.3. The van der Waals surface area contributed by atoms with Crippen molar-refractivity contribution in [2.75, 3.05) is 12.4 Å². The molecule has 1 aliphatic rings. The second kappa shape index (κ2) is 8.25. The van der Waals surface area contributed by atoms with Crippen molar-refractivity contribution >= 4 is 33.4 Å². The fourth-order valence-electron chi connectivity index (χ4n) is 3.28. The predicted molar refractivity (Wildman–Crippen MR) is 117 cm³/mol. The molecular weight excluding hydrogens is 420 g/mol. The van der Waals surface area contributed by atoms with Crippen molar-refractivity contribution in [2.24, 2.45) is 0 Å². The van der Waals surface area contributed by atoms with Crippen LogP contribution in [0.1, 0.15) is 18.9 Å². The minimum absolute atomic E-state index is 0.107. The van der Waals surface area contributed by atoms with E-state index in [9.17, 15) is 13.2 Å². The lowest BCUT2D eigenvalue weighted by molar-refractivity contribution is -0.116. The van der Waals surface area contributed by atoms with Crippen LogP contribution in [0.3, 0.4) is 0 Å². The maximum Gasteiger partial charge on any atom is 0.243 e. The SMILES string of the molecule is CC1CC(=O)Nc2cc(S(=O)(=O)N(C)Cc3cnn(-c4ccccc4)c3)ccc2S1. The van der Waals surface area contributed by atoms with Crippen LogP contribution in [0.15, 0.2) is 70.7 Å². The molecule has 7 nitrogen and oxygen atoms in total. The number of anilines is 1. The van der Waals surface area contributed by atoms with E-state index in [0.29, 0.717) is 12.1 Å². The summed E-state index contributed by atoms with van der Waals surface area (Å²) in [5, 5.41) is 7.28. The second-order valence-corrected chi connectivity index (χ2v) is 10.8. The van der Waals surface area contributed by atoms with Gasteiger partial charge in [-0.2, -0.15) is 9.40 Å². The summed E-state index contributed by atoms with van der Waals surface area (Å²) in [6.45, 7) is 2.16. The summed E-state index contributed by atoms with van der Waals surface area (Å²) in [6.07, 6.45) is 3.87. The highest BCUT2D eigenvalue weighted by Gasteiger charge is 2.25. The number of hydrogen-bond donors (Lipinski definition) is 1. The standard InChI is InChI=1S/C21H22N4O3S2/c1-15-10-21(26)23-19-11-18(8-9-20(19)29-15)30(27,28)24(2)13-16-12-22-25(14-16)17-6-4-3-5-7-17/h3-9,11-12,14-15H,10,13H2,1-2H3,(H,23,26). The fraction of sp³-hybridized carbons (Fsp3) is 0.238. The number of amides is 1. The second-order valence-electron chi connectivity index (χ2n) is 7.23. The number of aromatic nitrogens is 2. The van der Waals surface area contributed by atoms with E-state index in [-0.39, 0.29) is 22.6 Å². The van der Waals surface area contributed by atoms with Crippen LogP contribution in [0.25, 0.3) is 5.69 Å². The number of fused-ring (bicyclic) bond motifs is 1. The van der Waals surface area contributed by atoms with E-state index in [4.69, 9.17) is 0 Å². The summed E-state index contributed by atoms with van der Waals surface area (Å²) in [5.41, 5.74) is 2.22. The van der Waals surface area contributed by atoms with Crippen LogP contribution in [0.5, 0.6) is 0 Å². The first-order chi connectivity index (χ1) is 14.3. The zero-order valence-electron chi connectivity index (χ0n) is 16.6. The van der Waals surface area contributed by atoms with Crippen LogP contribution in [0.2, 0.25) is 0 Å². The molecule has 0 saturated heterocycles. The van der Waals surface area contributed by atoms with Gasteiger partial charge in [0.1, 0.15) is 0 Å². The highest BCUT2D eigenvalue weighted by atomic mass is 32.2. The van der Waals surface area contributed by atoms with E-state index < -0.39 is 10.0 Å². The minimum Gasteiger partial charge on any atom is -0.325 e. The summed E-state index contributed by atoms with van der Waals surface area (Å²) in [7, 11) is -2.20.